The van der Waals surface area contributed by atoms with E-state index in [9.17, 15) is 14.3 Å². The number of hydrogen-bond donors (Lipinski definition) is 2. The summed E-state index contributed by atoms with van der Waals surface area (Å²) in [6.45, 7) is 2.39. The number of benzene rings is 1. The smallest absolute Gasteiger partial charge is 0.262 e. The second-order valence-corrected chi connectivity index (χ2v) is 6.42. The van der Waals surface area contributed by atoms with Gasteiger partial charge in [0.25, 0.3) is 5.91 Å². The molecule has 0 radical (unpaired) electrons. The topological polar surface area (TPSA) is 58.6 Å². The summed E-state index contributed by atoms with van der Waals surface area (Å²) in [4.78, 5) is 13.0. The van der Waals surface area contributed by atoms with Gasteiger partial charge in [-0.2, -0.15) is 0 Å². The molecule has 1 atom stereocenters. The number of carbonyl (C=O) groups is 1. The third kappa shape index (κ3) is 2.43. The van der Waals surface area contributed by atoms with E-state index in [1.54, 1.807) is 19.1 Å². The Bertz CT molecular complexity index is 692. The van der Waals surface area contributed by atoms with Crippen molar-refractivity contribution in [1.82, 2.24) is 5.32 Å². The number of amides is 1. The van der Waals surface area contributed by atoms with Crippen LogP contribution in [-0.2, 0) is 4.74 Å². The molecular weight excluding hydrogens is 293 g/mol. The standard InChI is InChI=1S/C15H16FNO3S/c1-9-12-10(16)3-2-4-11(12)21-13(9)14(19)17-15(7-18)5-6-20-8-15/h2-4,18H,5-8H2,1H3,(H,17,19). The Morgan fingerprint density at radius 3 is 3.00 bits per heavy atom. The molecule has 3 rings (SSSR count). The normalized spacial score (nSPS) is 21.9. The maximum absolute atomic E-state index is 13.9. The number of fused-ring (bicyclic) bond motifs is 1. The average Bonchev–Trinajstić information content (AvgIpc) is 3.05. The summed E-state index contributed by atoms with van der Waals surface area (Å²) < 4.78 is 19.9. The number of nitrogens with one attached hydrogen (secondary N) is 1. The van der Waals surface area contributed by atoms with Crippen molar-refractivity contribution >= 4 is 27.3 Å². The van der Waals surface area contributed by atoms with Gasteiger partial charge in [-0.15, -0.1) is 11.3 Å². The van der Waals surface area contributed by atoms with Gasteiger partial charge in [0.2, 0.25) is 0 Å². The largest absolute Gasteiger partial charge is 0.394 e. The maximum atomic E-state index is 13.9. The van der Waals surface area contributed by atoms with Gasteiger partial charge in [-0.3, -0.25) is 4.79 Å². The highest BCUT2D eigenvalue weighted by atomic mass is 32.1. The Hall–Kier alpha value is -1.50. The fraction of sp³-hybridized carbons (Fsp3) is 0.400. The fourth-order valence-electron chi connectivity index (χ4n) is 2.64. The molecule has 1 aromatic heterocycles. The van der Waals surface area contributed by atoms with Crippen LogP contribution in [0.15, 0.2) is 18.2 Å². The minimum Gasteiger partial charge on any atom is -0.394 e. The lowest BCUT2D eigenvalue weighted by Gasteiger charge is -2.26. The molecule has 6 heteroatoms. The molecule has 0 aliphatic carbocycles. The van der Waals surface area contributed by atoms with Gasteiger partial charge in [-0.25, -0.2) is 4.39 Å². The van der Waals surface area contributed by atoms with E-state index in [4.69, 9.17) is 4.74 Å². The zero-order valence-corrected chi connectivity index (χ0v) is 12.4. The average molecular weight is 309 g/mol. The van der Waals surface area contributed by atoms with Crippen LogP contribution in [0, 0.1) is 12.7 Å². The van der Waals surface area contributed by atoms with E-state index >= 15 is 0 Å². The first kappa shape index (κ1) is 14.4. The van der Waals surface area contributed by atoms with Gasteiger partial charge in [0.1, 0.15) is 5.82 Å². The molecular formula is C15H16FNO3S. The summed E-state index contributed by atoms with van der Waals surface area (Å²) in [6.07, 6.45) is 0.577. The maximum Gasteiger partial charge on any atom is 0.262 e. The highest BCUT2D eigenvalue weighted by Crippen LogP contribution is 2.33. The summed E-state index contributed by atoms with van der Waals surface area (Å²) in [5.41, 5.74) is -0.0873. The minimum absolute atomic E-state index is 0.170. The van der Waals surface area contributed by atoms with Gasteiger partial charge in [-0.05, 0) is 31.0 Å². The van der Waals surface area contributed by atoms with Gasteiger partial charge in [0.15, 0.2) is 0 Å². The minimum atomic E-state index is -0.724. The molecule has 1 fully saturated rings. The van der Waals surface area contributed by atoms with Crippen LogP contribution in [0.3, 0.4) is 0 Å². The van der Waals surface area contributed by atoms with Gasteiger partial charge in [0, 0.05) is 16.7 Å². The molecule has 2 aromatic rings. The summed E-state index contributed by atoms with van der Waals surface area (Å²) in [6, 6.07) is 4.83. The van der Waals surface area contributed by atoms with Crippen LogP contribution in [0.25, 0.3) is 10.1 Å². The number of aliphatic hydroxyl groups excluding tert-OH is 1. The first-order valence-corrected chi connectivity index (χ1v) is 7.57. The highest BCUT2D eigenvalue weighted by Gasteiger charge is 2.36. The summed E-state index contributed by atoms with van der Waals surface area (Å²) in [5.74, 6) is -0.603. The zero-order chi connectivity index (χ0) is 15.0. The van der Waals surface area contributed by atoms with Crippen LogP contribution < -0.4 is 5.32 Å². The Morgan fingerprint density at radius 2 is 2.38 bits per heavy atom. The van der Waals surface area contributed by atoms with Crippen molar-refractivity contribution in [2.45, 2.75) is 18.9 Å². The number of halogens is 1. The Morgan fingerprint density at radius 1 is 1.57 bits per heavy atom. The number of carbonyl (C=O) groups excluding carboxylic acids is 1. The number of thiophene rings is 1. The predicted molar refractivity (Wildman–Crippen MR) is 79.2 cm³/mol. The lowest BCUT2D eigenvalue weighted by atomic mass is 10.00. The van der Waals surface area contributed by atoms with E-state index in [2.05, 4.69) is 5.32 Å². The van der Waals surface area contributed by atoms with Crippen molar-refractivity contribution in [2.75, 3.05) is 19.8 Å². The molecule has 4 nitrogen and oxygen atoms in total. The zero-order valence-electron chi connectivity index (χ0n) is 11.6. The molecule has 1 saturated heterocycles. The quantitative estimate of drug-likeness (QED) is 0.914. The third-order valence-corrected chi connectivity index (χ3v) is 5.15. The van der Waals surface area contributed by atoms with Gasteiger partial charge in [0.05, 0.1) is 23.6 Å². The Balaban J connectivity index is 1.95. The number of aliphatic hydroxyl groups is 1. The van der Waals surface area contributed by atoms with Crippen molar-refractivity contribution in [3.63, 3.8) is 0 Å². The molecule has 1 aromatic carbocycles. The van der Waals surface area contributed by atoms with Crippen LogP contribution in [0.5, 0.6) is 0 Å². The summed E-state index contributed by atoms with van der Waals surface area (Å²) in [7, 11) is 0. The van der Waals surface area contributed by atoms with Crippen LogP contribution in [0.1, 0.15) is 21.7 Å². The van der Waals surface area contributed by atoms with Gasteiger partial charge < -0.3 is 15.2 Å². The second-order valence-electron chi connectivity index (χ2n) is 5.36. The second kappa shape index (κ2) is 5.36. The molecule has 0 bridgehead atoms. The lowest BCUT2D eigenvalue weighted by molar-refractivity contribution is 0.0793. The fourth-order valence-corrected chi connectivity index (χ4v) is 3.76. The van der Waals surface area contributed by atoms with Crippen molar-refractivity contribution in [1.29, 1.82) is 0 Å². The number of aryl methyl sites for hydroxylation is 1. The van der Waals surface area contributed by atoms with E-state index in [1.165, 1.54) is 17.4 Å². The summed E-state index contributed by atoms with van der Waals surface area (Å²) in [5, 5.41) is 12.9. The van der Waals surface area contributed by atoms with Crippen LogP contribution >= 0.6 is 11.3 Å². The van der Waals surface area contributed by atoms with Gasteiger partial charge >= 0.3 is 0 Å². The molecule has 1 aliphatic rings. The molecule has 0 saturated carbocycles. The molecule has 0 spiro atoms. The first-order valence-electron chi connectivity index (χ1n) is 6.75. The summed E-state index contributed by atoms with van der Waals surface area (Å²) >= 11 is 1.26. The van der Waals surface area contributed by atoms with Crippen LogP contribution in [0.2, 0.25) is 0 Å². The molecule has 1 unspecified atom stereocenters. The van der Waals surface area contributed by atoms with E-state index in [0.717, 1.165) is 4.70 Å². The van der Waals surface area contributed by atoms with Crippen molar-refractivity contribution < 1.29 is 19.0 Å². The van der Waals surface area contributed by atoms with Crippen LogP contribution in [0.4, 0.5) is 4.39 Å². The molecule has 1 aliphatic heterocycles. The lowest BCUT2D eigenvalue weighted by Crippen LogP contribution is -2.51. The predicted octanol–water partition coefficient (Wildman–Crippen LogP) is 2.23. The molecule has 2 heterocycles. The highest BCUT2D eigenvalue weighted by molar-refractivity contribution is 7.21. The van der Waals surface area contributed by atoms with E-state index in [0.29, 0.717) is 35.5 Å². The van der Waals surface area contributed by atoms with Crippen molar-refractivity contribution in [3.8, 4) is 0 Å². The number of rotatable bonds is 3. The molecule has 21 heavy (non-hydrogen) atoms. The van der Waals surface area contributed by atoms with Crippen molar-refractivity contribution in [2.24, 2.45) is 0 Å². The Labute approximate surface area is 125 Å². The first-order chi connectivity index (χ1) is 10.1. The van der Waals surface area contributed by atoms with Gasteiger partial charge in [-0.1, -0.05) is 6.07 Å². The van der Waals surface area contributed by atoms with E-state index in [-0.39, 0.29) is 18.3 Å². The Kier molecular flexibility index (Phi) is 3.69. The van der Waals surface area contributed by atoms with Crippen molar-refractivity contribution in [3.05, 3.63) is 34.5 Å². The molecule has 2 N–H and O–H groups in total. The van der Waals surface area contributed by atoms with E-state index < -0.39 is 5.54 Å². The molecule has 1 amide bonds. The third-order valence-electron chi connectivity index (χ3n) is 3.89. The SMILES string of the molecule is Cc1c(C(=O)NC2(CO)CCOC2)sc2cccc(F)c12. The van der Waals surface area contributed by atoms with Crippen LogP contribution in [-0.4, -0.2) is 36.4 Å². The molecule has 112 valence electrons. The number of ether oxygens (including phenoxy) is 1. The van der Waals surface area contributed by atoms with E-state index in [1.807, 2.05) is 0 Å². The monoisotopic (exact) mass is 309 g/mol. The number of hydrogen-bond acceptors (Lipinski definition) is 4.